The maximum Gasteiger partial charge on any atom is 0.230 e. The average molecular weight is 344 g/mol. The van der Waals surface area contributed by atoms with E-state index in [1.807, 2.05) is 0 Å². The minimum Gasteiger partial charge on any atom is -0.506 e. The summed E-state index contributed by atoms with van der Waals surface area (Å²) in [7, 11) is 0. The first-order valence-electron chi connectivity index (χ1n) is 8.36. The minimum atomic E-state index is 0.111. The van der Waals surface area contributed by atoms with Crippen molar-refractivity contribution in [3.63, 3.8) is 0 Å². The molecule has 0 spiro atoms. The summed E-state index contributed by atoms with van der Waals surface area (Å²) in [4.78, 5) is 22.3. The van der Waals surface area contributed by atoms with Crippen molar-refractivity contribution < 1.29 is 14.6 Å². The summed E-state index contributed by atoms with van der Waals surface area (Å²) in [5.74, 6) is 1.87. The summed E-state index contributed by atoms with van der Waals surface area (Å²) >= 11 is 0. The van der Waals surface area contributed by atoms with Gasteiger partial charge in [0.15, 0.2) is 5.82 Å². The van der Waals surface area contributed by atoms with E-state index in [1.54, 1.807) is 12.1 Å². The summed E-state index contributed by atoms with van der Waals surface area (Å²) in [6.45, 7) is 5.61. The zero-order valence-electron chi connectivity index (χ0n) is 13.8. The number of hydrogen-bond donors (Lipinski definition) is 1. The molecule has 0 atom stereocenters. The summed E-state index contributed by atoms with van der Waals surface area (Å²) in [6, 6.07) is 3.28. The lowest BCUT2D eigenvalue weighted by atomic mass is 10.3. The molecule has 0 unspecified atom stereocenters. The molecule has 132 valence electrons. The highest BCUT2D eigenvalue weighted by atomic mass is 16.5. The number of hydrogen-bond acceptors (Lipinski definition) is 9. The van der Waals surface area contributed by atoms with Crippen molar-refractivity contribution in [1.29, 1.82) is 0 Å². The van der Waals surface area contributed by atoms with Crippen LogP contribution in [0.15, 0.2) is 18.3 Å². The van der Waals surface area contributed by atoms with Gasteiger partial charge in [0.05, 0.1) is 32.6 Å². The van der Waals surface area contributed by atoms with Crippen LogP contribution in [-0.4, -0.2) is 77.6 Å². The van der Waals surface area contributed by atoms with Gasteiger partial charge in [-0.2, -0.15) is 15.0 Å². The lowest BCUT2D eigenvalue weighted by Crippen LogP contribution is -2.40. The standard InChI is InChI=1S/C16H20N6O3/c23-12-1-2-13(17-11-12)14-18-15(21-3-7-24-8-4-21)20-16(19-14)22-5-9-25-10-6-22/h1-2,11,23H,3-10H2. The van der Waals surface area contributed by atoms with E-state index in [9.17, 15) is 5.11 Å². The summed E-state index contributed by atoms with van der Waals surface area (Å²) in [5, 5.41) is 9.46. The Kier molecular flexibility index (Phi) is 4.57. The van der Waals surface area contributed by atoms with E-state index >= 15 is 0 Å². The van der Waals surface area contributed by atoms with Crippen molar-refractivity contribution in [1.82, 2.24) is 19.9 Å². The number of ether oxygens (including phenoxy) is 2. The van der Waals surface area contributed by atoms with Gasteiger partial charge in [-0.3, -0.25) is 0 Å². The third-order valence-electron chi connectivity index (χ3n) is 4.18. The van der Waals surface area contributed by atoms with Gasteiger partial charge >= 0.3 is 0 Å². The second kappa shape index (κ2) is 7.16. The van der Waals surface area contributed by atoms with Crippen LogP contribution < -0.4 is 9.80 Å². The first-order chi connectivity index (χ1) is 12.3. The highest BCUT2D eigenvalue weighted by Gasteiger charge is 2.21. The molecule has 0 bridgehead atoms. The van der Waals surface area contributed by atoms with E-state index in [2.05, 4.69) is 29.7 Å². The third kappa shape index (κ3) is 3.62. The molecular formula is C16H20N6O3. The van der Waals surface area contributed by atoms with Crippen LogP contribution in [0.5, 0.6) is 5.75 Å². The Balaban J connectivity index is 1.72. The topological polar surface area (TPSA) is 96.7 Å². The maximum absolute atomic E-state index is 9.46. The molecule has 0 radical (unpaired) electrons. The molecule has 9 nitrogen and oxygen atoms in total. The Morgan fingerprint density at radius 2 is 1.36 bits per heavy atom. The SMILES string of the molecule is Oc1ccc(-c2nc(N3CCOCC3)nc(N3CCOCC3)n2)nc1. The van der Waals surface area contributed by atoms with Crippen LogP contribution in [0.2, 0.25) is 0 Å². The Morgan fingerprint density at radius 3 is 1.84 bits per heavy atom. The van der Waals surface area contributed by atoms with Gasteiger partial charge in [-0.05, 0) is 12.1 Å². The fourth-order valence-electron chi connectivity index (χ4n) is 2.80. The first kappa shape index (κ1) is 16.0. The number of pyridine rings is 1. The smallest absolute Gasteiger partial charge is 0.230 e. The molecule has 2 aromatic rings. The monoisotopic (exact) mass is 344 g/mol. The van der Waals surface area contributed by atoms with E-state index in [0.717, 1.165) is 26.2 Å². The Bertz CT molecular complexity index is 678. The number of rotatable bonds is 3. The van der Waals surface area contributed by atoms with Crippen molar-refractivity contribution in [3.8, 4) is 17.3 Å². The van der Waals surface area contributed by atoms with Crippen molar-refractivity contribution in [3.05, 3.63) is 18.3 Å². The molecule has 25 heavy (non-hydrogen) atoms. The predicted molar refractivity (Wildman–Crippen MR) is 90.8 cm³/mol. The lowest BCUT2D eigenvalue weighted by Gasteiger charge is -2.30. The molecule has 2 fully saturated rings. The van der Waals surface area contributed by atoms with Gasteiger partial charge in [-0.25, -0.2) is 4.98 Å². The molecule has 2 aliphatic heterocycles. The summed E-state index contributed by atoms with van der Waals surface area (Å²) in [5.41, 5.74) is 0.601. The fourth-order valence-corrected chi connectivity index (χ4v) is 2.80. The molecule has 1 N–H and O–H groups in total. The summed E-state index contributed by atoms with van der Waals surface area (Å²) in [6.07, 6.45) is 1.39. The van der Waals surface area contributed by atoms with Crippen LogP contribution in [0.4, 0.5) is 11.9 Å². The number of aromatic hydroxyl groups is 1. The molecule has 0 saturated carbocycles. The third-order valence-corrected chi connectivity index (χ3v) is 4.18. The second-order valence-corrected chi connectivity index (χ2v) is 5.86. The van der Waals surface area contributed by atoms with Gasteiger partial charge < -0.3 is 24.4 Å². The minimum absolute atomic E-state index is 0.111. The fraction of sp³-hybridized carbons (Fsp3) is 0.500. The Labute approximate surface area is 145 Å². The Hall–Kier alpha value is -2.52. The van der Waals surface area contributed by atoms with Gasteiger partial charge in [0, 0.05) is 26.2 Å². The highest BCUT2D eigenvalue weighted by Crippen LogP contribution is 2.22. The van der Waals surface area contributed by atoms with Crippen LogP contribution in [0.3, 0.4) is 0 Å². The number of nitrogens with zero attached hydrogens (tertiary/aromatic N) is 6. The van der Waals surface area contributed by atoms with E-state index < -0.39 is 0 Å². The molecule has 4 heterocycles. The maximum atomic E-state index is 9.46. The molecule has 2 aromatic heterocycles. The van der Waals surface area contributed by atoms with Gasteiger partial charge in [0.2, 0.25) is 11.9 Å². The van der Waals surface area contributed by atoms with E-state index in [-0.39, 0.29) is 5.75 Å². The number of morpholine rings is 2. The zero-order chi connectivity index (χ0) is 17.1. The molecule has 9 heteroatoms. The van der Waals surface area contributed by atoms with Crippen molar-refractivity contribution >= 4 is 11.9 Å². The average Bonchev–Trinajstić information content (AvgIpc) is 2.69. The van der Waals surface area contributed by atoms with Crippen LogP contribution >= 0.6 is 0 Å². The van der Waals surface area contributed by atoms with Crippen molar-refractivity contribution in [2.24, 2.45) is 0 Å². The molecule has 0 amide bonds. The quantitative estimate of drug-likeness (QED) is 0.844. The van der Waals surface area contributed by atoms with Crippen LogP contribution in [0.1, 0.15) is 0 Å². The van der Waals surface area contributed by atoms with Gasteiger partial charge in [-0.15, -0.1) is 0 Å². The second-order valence-electron chi connectivity index (χ2n) is 5.86. The molecule has 0 aromatic carbocycles. The van der Waals surface area contributed by atoms with Gasteiger partial charge in [0.25, 0.3) is 0 Å². The number of aromatic nitrogens is 4. The molecule has 4 rings (SSSR count). The van der Waals surface area contributed by atoms with E-state index in [0.29, 0.717) is 49.8 Å². The largest absolute Gasteiger partial charge is 0.506 e. The van der Waals surface area contributed by atoms with Crippen molar-refractivity contribution in [2.45, 2.75) is 0 Å². The normalized spacial score (nSPS) is 18.4. The highest BCUT2D eigenvalue weighted by molar-refractivity contribution is 5.55. The van der Waals surface area contributed by atoms with E-state index in [4.69, 9.17) is 9.47 Å². The van der Waals surface area contributed by atoms with Crippen molar-refractivity contribution in [2.75, 3.05) is 62.4 Å². The predicted octanol–water partition coefficient (Wildman–Crippen LogP) is 0.312. The molecule has 2 aliphatic rings. The lowest BCUT2D eigenvalue weighted by molar-refractivity contribution is 0.121. The Morgan fingerprint density at radius 1 is 0.800 bits per heavy atom. The zero-order valence-corrected chi connectivity index (χ0v) is 13.8. The van der Waals surface area contributed by atoms with Crippen LogP contribution in [0.25, 0.3) is 11.5 Å². The van der Waals surface area contributed by atoms with Gasteiger partial charge in [-0.1, -0.05) is 0 Å². The summed E-state index contributed by atoms with van der Waals surface area (Å²) < 4.78 is 10.8. The van der Waals surface area contributed by atoms with Gasteiger partial charge in [0.1, 0.15) is 11.4 Å². The molecule has 0 aliphatic carbocycles. The molecular weight excluding hydrogens is 324 g/mol. The first-order valence-corrected chi connectivity index (χ1v) is 8.36. The van der Waals surface area contributed by atoms with Crippen LogP contribution in [-0.2, 0) is 9.47 Å². The van der Waals surface area contributed by atoms with E-state index in [1.165, 1.54) is 6.20 Å². The molecule has 2 saturated heterocycles. The van der Waals surface area contributed by atoms with Crippen LogP contribution in [0, 0.1) is 0 Å². The number of anilines is 2.